The van der Waals surface area contributed by atoms with Crippen LogP contribution < -0.4 is 9.47 Å². The summed E-state index contributed by atoms with van der Waals surface area (Å²) >= 11 is 0. The van der Waals surface area contributed by atoms with Crippen molar-refractivity contribution < 1.29 is 19.1 Å². The largest absolute Gasteiger partial charge is 0.490 e. The number of hydrogen-bond donors (Lipinski definition) is 0. The molecular formula is C24H29NO4. The van der Waals surface area contributed by atoms with Gasteiger partial charge in [-0.3, -0.25) is 14.5 Å². The van der Waals surface area contributed by atoms with Crippen LogP contribution in [0.15, 0.2) is 24.3 Å². The van der Waals surface area contributed by atoms with Crippen LogP contribution in [0.25, 0.3) is 0 Å². The second-order valence-corrected chi connectivity index (χ2v) is 8.09. The zero-order valence-corrected chi connectivity index (χ0v) is 18.3. The highest BCUT2D eigenvalue weighted by atomic mass is 16.5. The van der Waals surface area contributed by atoms with Crippen molar-refractivity contribution in [2.45, 2.75) is 67.2 Å². The first kappa shape index (κ1) is 20.9. The number of hydrogen-bond acceptors (Lipinski definition) is 4. The van der Waals surface area contributed by atoms with Crippen LogP contribution in [-0.4, -0.2) is 28.9 Å². The Morgan fingerprint density at radius 3 is 1.69 bits per heavy atom. The van der Waals surface area contributed by atoms with Crippen LogP contribution in [0.5, 0.6) is 11.5 Å². The Balaban J connectivity index is 2.11. The predicted octanol–water partition coefficient (Wildman–Crippen LogP) is 4.98. The summed E-state index contributed by atoms with van der Waals surface area (Å²) in [5.74, 6) is 0.970. The molecule has 0 saturated carbocycles. The number of amides is 2. The molecule has 1 aliphatic rings. The van der Waals surface area contributed by atoms with Crippen LogP contribution in [0.1, 0.15) is 70.7 Å². The highest BCUT2D eigenvalue weighted by Gasteiger charge is 2.36. The van der Waals surface area contributed by atoms with Gasteiger partial charge in [0.05, 0.1) is 29.9 Å². The van der Waals surface area contributed by atoms with E-state index >= 15 is 0 Å². The van der Waals surface area contributed by atoms with Gasteiger partial charge in [0.2, 0.25) is 0 Å². The van der Waals surface area contributed by atoms with Crippen LogP contribution in [0.2, 0.25) is 0 Å². The van der Waals surface area contributed by atoms with Gasteiger partial charge >= 0.3 is 0 Å². The lowest BCUT2D eigenvalue weighted by molar-refractivity contribution is 0.0640. The van der Waals surface area contributed by atoms with E-state index in [1.807, 2.05) is 48.5 Å². The van der Waals surface area contributed by atoms with Gasteiger partial charge < -0.3 is 9.47 Å². The highest BCUT2D eigenvalue weighted by molar-refractivity contribution is 6.21. The number of carbonyl (C=O) groups excluding carboxylic acids is 2. The Bertz CT molecular complexity index is 940. The van der Waals surface area contributed by atoms with E-state index in [4.69, 9.17) is 9.47 Å². The van der Waals surface area contributed by atoms with Crippen molar-refractivity contribution in [3.8, 4) is 11.5 Å². The van der Waals surface area contributed by atoms with E-state index in [1.165, 1.54) is 4.90 Å². The van der Waals surface area contributed by atoms with Crippen LogP contribution in [0, 0.1) is 20.8 Å². The fourth-order valence-electron chi connectivity index (χ4n) is 3.69. The van der Waals surface area contributed by atoms with Crippen molar-refractivity contribution in [2.75, 3.05) is 0 Å². The van der Waals surface area contributed by atoms with E-state index in [1.54, 1.807) is 24.3 Å². The first-order valence-electron chi connectivity index (χ1n) is 10.0. The number of nitrogens with zero attached hydrogens (tertiary/aromatic N) is 1. The molecule has 3 rings (SSSR count). The summed E-state index contributed by atoms with van der Waals surface area (Å²) < 4.78 is 12.2. The lowest BCUT2D eigenvalue weighted by atomic mass is 9.96. The second-order valence-electron chi connectivity index (χ2n) is 8.09. The van der Waals surface area contributed by atoms with E-state index in [9.17, 15) is 9.59 Å². The van der Waals surface area contributed by atoms with Crippen LogP contribution in [0.4, 0.5) is 0 Å². The Hall–Kier alpha value is -2.82. The second kappa shape index (κ2) is 7.90. The van der Waals surface area contributed by atoms with Crippen molar-refractivity contribution >= 4 is 11.8 Å². The zero-order valence-electron chi connectivity index (χ0n) is 18.3. The molecule has 1 heterocycles. The van der Waals surface area contributed by atoms with Gasteiger partial charge in [0.1, 0.15) is 11.5 Å². The molecule has 0 fully saturated rings. The summed E-state index contributed by atoms with van der Waals surface area (Å²) in [4.78, 5) is 27.1. The van der Waals surface area contributed by atoms with Crippen molar-refractivity contribution in [2.24, 2.45) is 0 Å². The molecule has 0 spiro atoms. The highest BCUT2D eigenvalue weighted by Crippen LogP contribution is 2.40. The van der Waals surface area contributed by atoms with Gasteiger partial charge in [-0.1, -0.05) is 12.1 Å². The summed E-state index contributed by atoms with van der Waals surface area (Å²) in [6.07, 6.45) is -0.0267. The first-order chi connectivity index (χ1) is 13.6. The van der Waals surface area contributed by atoms with E-state index in [0.29, 0.717) is 11.1 Å². The number of carbonyl (C=O) groups is 2. The van der Waals surface area contributed by atoms with Gasteiger partial charge in [-0.05, 0) is 71.7 Å². The van der Waals surface area contributed by atoms with Crippen LogP contribution >= 0.6 is 0 Å². The minimum atomic E-state index is -0.273. The third-order valence-electron chi connectivity index (χ3n) is 5.21. The molecule has 2 amide bonds. The average Bonchev–Trinajstić information content (AvgIpc) is 2.90. The maximum Gasteiger partial charge on any atom is 0.261 e. The summed E-state index contributed by atoms with van der Waals surface area (Å²) in [6.45, 7) is 14.0. The molecule has 29 heavy (non-hydrogen) atoms. The average molecular weight is 395 g/mol. The Kier molecular flexibility index (Phi) is 5.69. The fourth-order valence-corrected chi connectivity index (χ4v) is 3.69. The molecule has 0 aliphatic carbocycles. The first-order valence-corrected chi connectivity index (χ1v) is 10.0. The molecule has 5 heteroatoms. The van der Waals surface area contributed by atoms with E-state index < -0.39 is 0 Å². The number of fused-ring (bicyclic) bond motifs is 1. The molecule has 0 unspecified atom stereocenters. The molecule has 1 aliphatic heterocycles. The maximum atomic E-state index is 12.9. The molecule has 0 N–H and O–H groups in total. The van der Waals surface area contributed by atoms with Crippen molar-refractivity contribution in [3.05, 3.63) is 57.6 Å². The monoisotopic (exact) mass is 395 g/mol. The number of rotatable bonds is 6. The molecule has 2 aromatic rings. The van der Waals surface area contributed by atoms with Gasteiger partial charge in [0.25, 0.3) is 11.8 Å². The zero-order chi connectivity index (χ0) is 21.5. The number of benzene rings is 2. The fraction of sp³-hybridized carbons (Fsp3) is 0.417. The van der Waals surface area contributed by atoms with E-state index in [2.05, 4.69) is 0 Å². The maximum absolute atomic E-state index is 12.9. The molecule has 2 aromatic carbocycles. The molecule has 154 valence electrons. The Labute approximate surface area is 172 Å². The van der Waals surface area contributed by atoms with Gasteiger partial charge in [-0.15, -0.1) is 0 Å². The quantitative estimate of drug-likeness (QED) is 0.647. The molecule has 0 radical (unpaired) electrons. The standard InChI is InChI=1S/C24H29NO4/c1-13(2)28-21-15(5)16(6)22(29-14(3)4)20(17(21)7)12-25-23(26)18-10-8-9-11-19(18)24(25)27/h8-11,13-14H,12H2,1-7H3. The lowest BCUT2D eigenvalue weighted by Crippen LogP contribution is -2.30. The lowest BCUT2D eigenvalue weighted by Gasteiger charge is -2.26. The third-order valence-corrected chi connectivity index (χ3v) is 5.21. The van der Waals surface area contributed by atoms with Gasteiger partial charge in [-0.25, -0.2) is 0 Å². The van der Waals surface area contributed by atoms with Crippen molar-refractivity contribution in [3.63, 3.8) is 0 Å². The van der Waals surface area contributed by atoms with Crippen molar-refractivity contribution in [1.82, 2.24) is 4.90 Å². The molecule has 5 nitrogen and oxygen atoms in total. The van der Waals surface area contributed by atoms with Gasteiger partial charge in [0.15, 0.2) is 0 Å². The molecule has 0 bridgehead atoms. The van der Waals surface area contributed by atoms with Gasteiger partial charge in [-0.2, -0.15) is 0 Å². The SMILES string of the molecule is Cc1c(C)c(OC(C)C)c(CN2C(=O)c3ccccc3C2=O)c(C)c1OC(C)C. The van der Waals surface area contributed by atoms with Crippen LogP contribution in [0.3, 0.4) is 0 Å². The topological polar surface area (TPSA) is 55.8 Å². The minimum Gasteiger partial charge on any atom is -0.490 e. The van der Waals surface area contributed by atoms with Gasteiger partial charge in [0, 0.05) is 11.1 Å². The summed E-state index contributed by atoms with van der Waals surface area (Å²) in [5.41, 5.74) is 4.58. The van der Waals surface area contributed by atoms with Crippen LogP contribution in [-0.2, 0) is 6.54 Å². The summed E-state index contributed by atoms with van der Waals surface area (Å²) in [5, 5.41) is 0. The van der Waals surface area contributed by atoms with Crippen molar-refractivity contribution in [1.29, 1.82) is 0 Å². The third kappa shape index (κ3) is 3.74. The Morgan fingerprint density at radius 2 is 1.21 bits per heavy atom. The molecule has 0 atom stereocenters. The molecular weight excluding hydrogens is 366 g/mol. The number of imide groups is 1. The Morgan fingerprint density at radius 1 is 0.759 bits per heavy atom. The summed E-state index contributed by atoms with van der Waals surface area (Å²) in [6, 6.07) is 6.94. The summed E-state index contributed by atoms with van der Waals surface area (Å²) in [7, 11) is 0. The molecule has 0 saturated heterocycles. The van der Waals surface area contributed by atoms with E-state index in [0.717, 1.165) is 33.8 Å². The number of ether oxygens (including phenoxy) is 2. The minimum absolute atomic E-state index is 0.0100. The smallest absolute Gasteiger partial charge is 0.261 e. The predicted molar refractivity (Wildman–Crippen MR) is 113 cm³/mol. The molecule has 0 aromatic heterocycles. The normalized spacial score (nSPS) is 13.5. The van der Waals surface area contributed by atoms with E-state index in [-0.39, 0.29) is 30.6 Å².